The van der Waals surface area contributed by atoms with Crippen molar-refractivity contribution >= 4 is 23.2 Å². The number of carbonyl (C=O) groups excluding carboxylic acids is 2. The number of carbonyl (C=O) groups is 2. The van der Waals surface area contributed by atoms with Crippen LogP contribution in [-0.4, -0.2) is 34.9 Å². The molecule has 2 amide bonds. The van der Waals surface area contributed by atoms with Gasteiger partial charge in [0, 0.05) is 30.8 Å². The molecule has 0 radical (unpaired) electrons. The average Bonchev–Trinajstić information content (AvgIpc) is 3.20. The van der Waals surface area contributed by atoms with E-state index in [2.05, 4.69) is 10.9 Å². The van der Waals surface area contributed by atoms with Crippen molar-refractivity contribution in [3.05, 3.63) is 63.7 Å². The van der Waals surface area contributed by atoms with Crippen molar-refractivity contribution in [2.45, 2.75) is 12.8 Å². The Morgan fingerprint density at radius 1 is 1.00 bits per heavy atom. The number of aromatic hydroxyl groups is 1. The summed E-state index contributed by atoms with van der Waals surface area (Å²) in [5, 5.41) is 20.3. The predicted molar refractivity (Wildman–Crippen MR) is 97.6 cm³/mol. The average molecular weight is 370 g/mol. The molecular formula is C18H18N4O5. The molecule has 1 saturated heterocycles. The van der Waals surface area contributed by atoms with Crippen molar-refractivity contribution < 1.29 is 19.6 Å². The first-order chi connectivity index (χ1) is 13.0. The van der Waals surface area contributed by atoms with Gasteiger partial charge < -0.3 is 10.0 Å². The van der Waals surface area contributed by atoms with E-state index in [0.717, 1.165) is 25.9 Å². The number of amides is 2. The Morgan fingerprint density at radius 3 is 2.26 bits per heavy atom. The molecular weight excluding hydrogens is 352 g/mol. The summed E-state index contributed by atoms with van der Waals surface area (Å²) in [7, 11) is 0. The first-order valence-corrected chi connectivity index (χ1v) is 8.39. The van der Waals surface area contributed by atoms with Gasteiger partial charge in [-0.05, 0) is 43.2 Å². The van der Waals surface area contributed by atoms with Crippen molar-refractivity contribution in [3.8, 4) is 5.75 Å². The van der Waals surface area contributed by atoms with Crippen LogP contribution in [0.1, 0.15) is 33.6 Å². The maximum Gasteiger partial charge on any atom is 0.272 e. The molecule has 9 heteroatoms. The zero-order valence-electron chi connectivity index (χ0n) is 14.3. The summed E-state index contributed by atoms with van der Waals surface area (Å²) in [6, 6.07) is 9.63. The molecule has 1 aliphatic heterocycles. The monoisotopic (exact) mass is 370 g/mol. The van der Waals surface area contributed by atoms with Crippen molar-refractivity contribution in [2.75, 3.05) is 18.0 Å². The molecule has 0 bridgehead atoms. The topological polar surface area (TPSA) is 125 Å². The van der Waals surface area contributed by atoms with Gasteiger partial charge in [0.05, 0.1) is 16.2 Å². The number of benzene rings is 2. The number of hydrazine groups is 1. The van der Waals surface area contributed by atoms with Gasteiger partial charge in [0.25, 0.3) is 17.5 Å². The second kappa shape index (κ2) is 7.73. The van der Waals surface area contributed by atoms with Gasteiger partial charge in [-0.1, -0.05) is 0 Å². The number of nitrogens with one attached hydrogen (secondary N) is 2. The van der Waals surface area contributed by atoms with E-state index in [-0.39, 0.29) is 22.6 Å². The van der Waals surface area contributed by atoms with Crippen molar-refractivity contribution in [1.82, 2.24) is 10.9 Å². The van der Waals surface area contributed by atoms with Crippen LogP contribution in [0.4, 0.5) is 11.4 Å². The maximum absolute atomic E-state index is 12.6. The van der Waals surface area contributed by atoms with E-state index in [1.807, 2.05) is 4.90 Å². The molecule has 0 spiro atoms. The van der Waals surface area contributed by atoms with Crippen molar-refractivity contribution in [3.63, 3.8) is 0 Å². The zero-order valence-corrected chi connectivity index (χ0v) is 14.3. The van der Waals surface area contributed by atoms with Crippen LogP contribution in [0.15, 0.2) is 42.5 Å². The summed E-state index contributed by atoms with van der Waals surface area (Å²) in [6.45, 7) is 1.52. The lowest BCUT2D eigenvalue weighted by Gasteiger charge is -2.21. The highest BCUT2D eigenvalue weighted by Crippen LogP contribution is 2.28. The number of hydrogen-bond donors (Lipinski definition) is 3. The first-order valence-electron chi connectivity index (χ1n) is 8.39. The highest BCUT2D eigenvalue weighted by atomic mass is 16.6. The minimum absolute atomic E-state index is 0.0161. The zero-order chi connectivity index (χ0) is 19.4. The lowest BCUT2D eigenvalue weighted by Crippen LogP contribution is -2.42. The van der Waals surface area contributed by atoms with Gasteiger partial charge >= 0.3 is 0 Å². The third-order valence-electron chi connectivity index (χ3n) is 4.30. The molecule has 2 aromatic carbocycles. The van der Waals surface area contributed by atoms with Crippen molar-refractivity contribution in [1.29, 1.82) is 0 Å². The fraction of sp³-hybridized carbons (Fsp3) is 0.222. The normalized spacial score (nSPS) is 13.3. The molecule has 1 aliphatic rings. The quantitative estimate of drug-likeness (QED) is 0.558. The summed E-state index contributed by atoms with van der Waals surface area (Å²) >= 11 is 0. The molecule has 9 nitrogen and oxygen atoms in total. The number of nitro benzene ring substituents is 1. The van der Waals surface area contributed by atoms with Crippen LogP contribution in [0, 0.1) is 10.1 Å². The van der Waals surface area contributed by atoms with Crippen LogP contribution in [-0.2, 0) is 0 Å². The number of nitrogens with zero attached hydrogens (tertiary/aromatic N) is 2. The Balaban J connectivity index is 1.77. The Morgan fingerprint density at radius 2 is 1.63 bits per heavy atom. The largest absolute Gasteiger partial charge is 0.508 e. The summed E-state index contributed by atoms with van der Waals surface area (Å²) in [5.41, 5.74) is 5.32. The second-order valence-corrected chi connectivity index (χ2v) is 6.11. The van der Waals surface area contributed by atoms with Gasteiger partial charge in [-0.25, -0.2) is 0 Å². The smallest absolute Gasteiger partial charge is 0.272 e. The minimum atomic E-state index is -0.646. The molecule has 0 aliphatic carbocycles. The Kier molecular flexibility index (Phi) is 5.20. The molecule has 3 N–H and O–H groups in total. The number of phenols is 1. The molecule has 0 atom stereocenters. The molecule has 2 aromatic rings. The molecule has 0 aromatic heterocycles. The Hall–Kier alpha value is -3.62. The van der Waals surface area contributed by atoms with Crippen LogP contribution >= 0.6 is 0 Å². The fourth-order valence-corrected chi connectivity index (χ4v) is 2.92. The molecule has 140 valence electrons. The van der Waals surface area contributed by atoms with E-state index in [1.54, 1.807) is 6.07 Å². The van der Waals surface area contributed by atoms with E-state index in [1.165, 1.54) is 36.4 Å². The van der Waals surface area contributed by atoms with Gasteiger partial charge in [0.2, 0.25) is 0 Å². The number of hydrogen-bond acceptors (Lipinski definition) is 6. The lowest BCUT2D eigenvalue weighted by molar-refractivity contribution is -0.384. The van der Waals surface area contributed by atoms with Gasteiger partial charge in [0.15, 0.2) is 0 Å². The summed E-state index contributed by atoms with van der Waals surface area (Å²) in [4.78, 5) is 37.1. The molecule has 3 rings (SSSR count). The number of rotatable bonds is 4. The third kappa shape index (κ3) is 4.14. The highest BCUT2D eigenvalue weighted by molar-refractivity contribution is 6.02. The highest BCUT2D eigenvalue weighted by Gasteiger charge is 2.23. The maximum atomic E-state index is 12.6. The molecule has 1 fully saturated rings. The number of phenolic OH excluding ortho intramolecular Hbond substituents is 1. The number of non-ortho nitro benzene ring substituents is 1. The van der Waals surface area contributed by atoms with E-state index in [0.29, 0.717) is 5.69 Å². The van der Waals surface area contributed by atoms with Gasteiger partial charge in [-0.3, -0.25) is 30.6 Å². The summed E-state index contributed by atoms with van der Waals surface area (Å²) in [6.07, 6.45) is 1.96. The first kappa shape index (κ1) is 18.2. The summed E-state index contributed by atoms with van der Waals surface area (Å²) in [5.74, 6) is -1.20. The standard InChI is InChI=1S/C18H18N4O5/c23-14-6-3-12(4-7-14)17(24)19-20-18(25)15-11-13(22(26)27)5-8-16(15)21-9-1-2-10-21/h3-8,11,23H,1-2,9-10H2,(H,19,24)(H,20,25). The number of nitro groups is 1. The van der Waals surface area contributed by atoms with E-state index in [9.17, 15) is 24.8 Å². The second-order valence-electron chi connectivity index (χ2n) is 6.11. The Bertz CT molecular complexity index is 876. The predicted octanol–water partition coefficient (Wildman–Crippen LogP) is 1.98. The van der Waals surface area contributed by atoms with Crippen molar-refractivity contribution in [2.24, 2.45) is 0 Å². The van der Waals surface area contributed by atoms with Gasteiger partial charge in [-0.2, -0.15) is 0 Å². The molecule has 27 heavy (non-hydrogen) atoms. The van der Waals surface area contributed by atoms with Crippen LogP contribution in [0.3, 0.4) is 0 Å². The van der Waals surface area contributed by atoms with E-state index >= 15 is 0 Å². The molecule has 1 heterocycles. The third-order valence-corrected chi connectivity index (χ3v) is 4.30. The molecule has 0 saturated carbocycles. The van der Waals surface area contributed by atoms with Crippen LogP contribution in [0.5, 0.6) is 5.75 Å². The van der Waals surface area contributed by atoms with Crippen LogP contribution < -0.4 is 15.8 Å². The van der Waals surface area contributed by atoms with E-state index in [4.69, 9.17) is 0 Å². The summed E-state index contributed by atoms with van der Waals surface area (Å²) < 4.78 is 0. The lowest BCUT2D eigenvalue weighted by atomic mass is 10.1. The fourth-order valence-electron chi connectivity index (χ4n) is 2.92. The van der Waals surface area contributed by atoms with E-state index < -0.39 is 16.7 Å². The van der Waals surface area contributed by atoms with Gasteiger partial charge in [-0.15, -0.1) is 0 Å². The SMILES string of the molecule is O=C(NNC(=O)c1cc([N+](=O)[O-])ccc1N1CCCC1)c1ccc(O)cc1. The molecule has 0 unspecified atom stereocenters. The van der Waals surface area contributed by atoms with Crippen LogP contribution in [0.2, 0.25) is 0 Å². The van der Waals surface area contributed by atoms with Gasteiger partial charge in [0.1, 0.15) is 5.75 Å². The number of anilines is 1. The van der Waals surface area contributed by atoms with Crippen LogP contribution in [0.25, 0.3) is 0 Å². The minimum Gasteiger partial charge on any atom is -0.508 e. The Labute approximate surface area is 154 Å².